The molecule has 2 fully saturated rings. The summed E-state index contributed by atoms with van der Waals surface area (Å²) in [6.45, 7) is 5.53. The van der Waals surface area contributed by atoms with E-state index in [0.717, 1.165) is 44.5 Å². The van der Waals surface area contributed by atoms with Gasteiger partial charge >= 0.3 is 0 Å². The van der Waals surface area contributed by atoms with Gasteiger partial charge in [0.15, 0.2) is 0 Å². The molecule has 25 heavy (non-hydrogen) atoms. The Labute approximate surface area is 154 Å². The monoisotopic (exact) mass is 363 g/mol. The summed E-state index contributed by atoms with van der Waals surface area (Å²) in [5, 5.41) is 5.95. The van der Waals surface area contributed by atoms with Crippen LogP contribution in [0, 0.1) is 5.41 Å². The van der Waals surface area contributed by atoms with Crippen LogP contribution in [0.5, 0.6) is 0 Å². The molecule has 5 nitrogen and oxygen atoms in total. The second kappa shape index (κ2) is 7.24. The number of carbonyl (C=O) groups is 2. The van der Waals surface area contributed by atoms with E-state index in [4.69, 9.17) is 11.6 Å². The Morgan fingerprint density at radius 2 is 1.92 bits per heavy atom. The average Bonchev–Trinajstić information content (AvgIpc) is 3.24. The quantitative estimate of drug-likeness (QED) is 0.761. The number of rotatable bonds is 6. The van der Waals surface area contributed by atoms with Crippen molar-refractivity contribution in [1.82, 2.24) is 5.32 Å². The van der Waals surface area contributed by atoms with Crippen molar-refractivity contribution in [3.63, 3.8) is 0 Å². The number of nitrogens with zero attached hydrogens (tertiary/aromatic N) is 1. The molecule has 1 aromatic carbocycles. The number of benzene rings is 1. The zero-order valence-electron chi connectivity index (χ0n) is 14.9. The van der Waals surface area contributed by atoms with Gasteiger partial charge in [-0.2, -0.15) is 0 Å². The third-order valence-electron chi connectivity index (χ3n) is 4.81. The van der Waals surface area contributed by atoms with Gasteiger partial charge in [0.1, 0.15) is 0 Å². The third kappa shape index (κ3) is 4.27. The highest BCUT2D eigenvalue weighted by molar-refractivity contribution is 6.20. The van der Waals surface area contributed by atoms with Crippen LogP contribution in [0.4, 0.5) is 11.4 Å². The van der Waals surface area contributed by atoms with Crippen molar-refractivity contribution >= 4 is 34.8 Å². The molecule has 6 heteroatoms. The van der Waals surface area contributed by atoms with Gasteiger partial charge in [-0.3, -0.25) is 9.59 Å². The van der Waals surface area contributed by atoms with E-state index in [0.29, 0.717) is 17.3 Å². The van der Waals surface area contributed by atoms with Crippen LogP contribution in [0.1, 0.15) is 49.9 Å². The van der Waals surface area contributed by atoms with Crippen molar-refractivity contribution in [3.05, 3.63) is 23.8 Å². The molecule has 0 atom stereocenters. The van der Waals surface area contributed by atoms with Crippen molar-refractivity contribution in [1.29, 1.82) is 0 Å². The van der Waals surface area contributed by atoms with Gasteiger partial charge in [0, 0.05) is 36.4 Å². The normalized spacial score (nSPS) is 17.5. The molecule has 1 aromatic rings. The van der Waals surface area contributed by atoms with Gasteiger partial charge in [0.05, 0.1) is 11.0 Å². The minimum Gasteiger partial charge on any atom is -0.371 e. The summed E-state index contributed by atoms with van der Waals surface area (Å²) in [4.78, 5) is 27.3. The Bertz CT molecular complexity index is 665. The Hall–Kier alpha value is -1.75. The van der Waals surface area contributed by atoms with Crippen LogP contribution in [-0.4, -0.2) is 36.8 Å². The van der Waals surface area contributed by atoms with Crippen molar-refractivity contribution in [2.75, 3.05) is 29.2 Å². The molecule has 1 saturated carbocycles. The molecule has 136 valence electrons. The Morgan fingerprint density at radius 3 is 2.52 bits per heavy atom. The summed E-state index contributed by atoms with van der Waals surface area (Å²) in [7, 11) is 0. The fourth-order valence-electron chi connectivity index (χ4n) is 2.88. The van der Waals surface area contributed by atoms with E-state index in [1.54, 1.807) is 19.9 Å². The van der Waals surface area contributed by atoms with Crippen LogP contribution in [0.15, 0.2) is 18.2 Å². The number of carbonyl (C=O) groups excluding carboxylic acids is 2. The first-order valence-corrected chi connectivity index (χ1v) is 9.51. The lowest BCUT2D eigenvalue weighted by molar-refractivity contribution is -0.122. The number of nitrogens with one attached hydrogen (secondary N) is 2. The highest BCUT2D eigenvalue weighted by Crippen LogP contribution is 2.30. The van der Waals surface area contributed by atoms with Crippen molar-refractivity contribution in [3.8, 4) is 0 Å². The van der Waals surface area contributed by atoms with E-state index >= 15 is 0 Å². The largest absolute Gasteiger partial charge is 0.371 e. The number of hydrogen-bond acceptors (Lipinski definition) is 3. The van der Waals surface area contributed by atoms with Crippen LogP contribution in [0.3, 0.4) is 0 Å². The molecule has 1 saturated heterocycles. The highest BCUT2D eigenvalue weighted by Gasteiger charge is 2.29. The van der Waals surface area contributed by atoms with Crippen molar-refractivity contribution in [2.24, 2.45) is 5.41 Å². The summed E-state index contributed by atoms with van der Waals surface area (Å²) < 4.78 is 0. The van der Waals surface area contributed by atoms with Crippen LogP contribution in [0.2, 0.25) is 0 Å². The van der Waals surface area contributed by atoms with Crippen molar-refractivity contribution < 1.29 is 9.59 Å². The molecule has 0 radical (unpaired) electrons. The Kier molecular flexibility index (Phi) is 5.23. The second-order valence-electron chi connectivity index (χ2n) is 7.65. The summed E-state index contributed by atoms with van der Waals surface area (Å²) >= 11 is 5.88. The minimum absolute atomic E-state index is 0.0582. The van der Waals surface area contributed by atoms with E-state index in [2.05, 4.69) is 15.5 Å². The standard InChI is InChI=1S/C19H26ClN3O2/c1-19(2,12-20)18(25)22-14-7-8-16(23-9-3-4-10-23)15(11-14)17(24)21-13-5-6-13/h7-8,11,13H,3-6,9-10,12H2,1-2H3,(H,21,24)(H,22,25). The lowest BCUT2D eigenvalue weighted by Gasteiger charge is -2.23. The van der Waals surface area contributed by atoms with Crippen LogP contribution in [-0.2, 0) is 4.79 Å². The van der Waals surface area contributed by atoms with Gasteiger partial charge in [-0.05, 0) is 57.7 Å². The maximum atomic E-state index is 12.7. The van der Waals surface area contributed by atoms with E-state index < -0.39 is 5.41 Å². The van der Waals surface area contributed by atoms with Gasteiger partial charge < -0.3 is 15.5 Å². The Balaban J connectivity index is 1.85. The third-order valence-corrected chi connectivity index (χ3v) is 5.48. The maximum Gasteiger partial charge on any atom is 0.253 e. The fourth-order valence-corrected chi connectivity index (χ4v) is 3.00. The average molecular weight is 364 g/mol. The molecule has 1 aliphatic heterocycles. The summed E-state index contributed by atoms with van der Waals surface area (Å²) in [5.74, 6) is 0.0294. The van der Waals surface area contributed by atoms with Crippen LogP contribution < -0.4 is 15.5 Å². The molecule has 2 aliphatic rings. The molecule has 1 heterocycles. The first-order chi connectivity index (χ1) is 11.9. The fraction of sp³-hybridized carbons (Fsp3) is 0.579. The van der Waals surface area contributed by atoms with E-state index in [-0.39, 0.29) is 17.7 Å². The number of amides is 2. The van der Waals surface area contributed by atoms with Gasteiger partial charge in [-0.15, -0.1) is 11.6 Å². The topological polar surface area (TPSA) is 61.4 Å². The van der Waals surface area contributed by atoms with E-state index in [9.17, 15) is 9.59 Å². The summed E-state index contributed by atoms with van der Waals surface area (Å²) in [5.41, 5.74) is 1.55. The molecule has 3 rings (SSSR count). The lowest BCUT2D eigenvalue weighted by atomic mass is 9.95. The SMILES string of the molecule is CC(C)(CCl)C(=O)Nc1ccc(N2CCCC2)c(C(=O)NC2CC2)c1. The minimum atomic E-state index is -0.661. The second-order valence-corrected chi connectivity index (χ2v) is 7.91. The van der Waals surface area contributed by atoms with Crippen LogP contribution in [0.25, 0.3) is 0 Å². The summed E-state index contributed by atoms with van der Waals surface area (Å²) in [6, 6.07) is 5.89. The molecule has 1 aliphatic carbocycles. The number of hydrogen-bond donors (Lipinski definition) is 2. The molecule has 0 unspecified atom stereocenters. The van der Waals surface area contributed by atoms with Gasteiger partial charge in [-0.25, -0.2) is 0 Å². The molecule has 2 N–H and O–H groups in total. The number of anilines is 2. The predicted octanol–water partition coefficient (Wildman–Crippen LogP) is 3.38. The number of halogens is 1. The Morgan fingerprint density at radius 1 is 1.24 bits per heavy atom. The smallest absolute Gasteiger partial charge is 0.253 e. The van der Waals surface area contributed by atoms with Crippen molar-refractivity contribution in [2.45, 2.75) is 45.6 Å². The van der Waals surface area contributed by atoms with Gasteiger partial charge in [0.25, 0.3) is 5.91 Å². The van der Waals surface area contributed by atoms with E-state index in [1.807, 2.05) is 12.1 Å². The molecule has 0 aromatic heterocycles. The van der Waals surface area contributed by atoms with Crippen LogP contribution >= 0.6 is 11.6 Å². The van der Waals surface area contributed by atoms with Gasteiger partial charge in [0.2, 0.25) is 5.91 Å². The first-order valence-electron chi connectivity index (χ1n) is 8.98. The molecule has 0 spiro atoms. The highest BCUT2D eigenvalue weighted by atomic mass is 35.5. The molecule has 2 amide bonds. The van der Waals surface area contributed by atoms with Gasteiger partial charge in [-0.1, -0.05) is 0 Å². The molecular formula is C19H26ClN3O2. The molecule has 0 bridgehead atoms. The lowest BCUT2D eigenvalue weighted by Crippen LogP contribution is -2.32. The predicted molar refractivity (Wildman–Crippen MR) is 102 cm³/mol. The van der Waals surface area contributed by atoms with E-state index in [1.165, 1.54) is 0 Å². The maximum absolute atomic E-state index is 12.7. The zero-order valence-corrected chi connectivity index (χ0v) is 15.7. The zero-order chi connectivity index (χ0) is 18.0. The molecular weight excluding hydrogens is 338 g/mol. The summed E-state index contributed by atoms with van der Waals surface area (Å²) in [6.07, 6.45) is 4.38. The first kappa shape index (κ1) is 18.1. The number of alkyl halides is 1.